The van der Waals surface area contributed by atoms with Crippen molar-refractivity contribution in [3.05, 3.63) is 58.5 Å². The Labute approximate surface area is 125 Å². The lowest BCUT2D eigenvalue weighted by atomic mass is 9.91. The molecule has 2 aromatic rings. The van der Waals surface area contributed by atoms with E-state index in [1.807, 2.05) is 31.2 Å². The maximum Gasteiger partial charge on any atom is 0.287 e. The van der Waals surface area contributed by atoms with Crippen LogP contribution in [0.15, 0.2) is 51.6 Å². The van der Waals surface area contributed by atoms with Gasteiger partial charge in [0.05, 0.1) is 12.8 Å². The molecule has 0 bridgehead atoms. The molecular formula is C15H16BrNO3. The Morgan fingerprint density at radius 2 is 2.05 bits per heavy atom. The van der Waals surface area contributed by atoms with Gasteiger partial charge in [-0.25, -0.2) is 0 Å². The van der Waals surface area contributed by atoms with E-state index >= 15 is 0 Å². The summed E-state index contributed by atoms with van der Waals surface area (Å²) in [5.41, 5.74) is -0.328. The fourth-order valence-corrected chi connectivity index (χ4v) is 2.18. The number of benzene rings is 1. The predicted molar refractivity (Wildman–Crippen MR) is 79.4 cm³/mol. The third kappa shape index (κ3) is 3.29. The van der Waals surface area contributed by atoms with Crippen molar-refractivity contribution >= 4 is 21.8 Å². The normalized spacial score (nSPS) is 13.8. The van der Waals surface area contributed by atoms with Crippen molar-refractivity contribution < 1.29 is 14.3 Å². The van der Waals surface area contributed by atoms with E-state index < -0.39 is 5.60 Å². The van der Waals surface area contributed by atoms with E-state index in [0.717, 1.165) is 10.0 Å². The lowest BCUT2D eigenvalue weighted by Gasteiger charge is -2.27. The van der Waals surface area contributed by atoms with E-state index in [1.54, 1.807) is 12.1 Å². The van der Waals surface area contributed by atoms with Gasteiger partial charge >= 0.3 is 0 Å². The molecule has 106 valence electrons. The van der Waals surface area contributed by atoms with Gasteiger partial charge in [-0.15, -0.1) is 0 Å². The molecule has 4 nitrogen and oxygen atoms in total. The second-order valence-electron chi connectivity index (χ2n) is 4.55. The van der Waals surface area contributed by atoms with E-state index in [9.17, 15) is 9.90 Å². The van der Waals surface area contributed by atoms with Gasteiger partial charge in [-0.3, -0.25) is 4.79 Å². The van der Waals surface area contributed by atoms with Crippen LogP contribution in [-0.2, 0) is 5.60 Å². The minimum atomic E-state index is -1.09. The Bertz CT molecular complexity index is 565. The largest absolute Gasteiger partial charge is 0.459 e. The first kappa shape index (κ1) is 14.8. The number of halogens is 1. The van der Waals surface area contributed by atoms with Crippen LogP contribution in [0.25, 0.3) is 0 Å². The molecule has 0 saturated carbocycles. The summed E-state index contributed by atoms with van der Waals surface area (Å²) in [5, 5.41) is 13.4. The van der Waals surface area contributed by atoms with Gasteiger partial charge in [-0.2, -0.15) is 0 Å². The molecular weight excluding hydrogens is 322 g/mol. The van der Waals surface area contributed by atoms with Gasteiger partial charge in [0.1, 0.15) is 5.60 Å². The Kier molecular flexibility index (Phi) is 4.62. The van der Waals surface area contributed by atoms with Gasteiger partial charge in [0.25, 0.3) is 5.91 Å². The van der Waals surface area contributed by atoms with Crippen molar-refractivity contribution in [1.82, 2.24) is 5.32 Å². The first-order valence-corrected chi connectivity index (χ1v) is 7.14. The van der Waals surface area contributed by atoms with Crippen molar-refractivity contribution in [3.63, 3.8) is 0 Å². The first-order chi connectivity index (χ1) is 9.55. The minimum Gasteiger partial charge on any atom is -0.459 e. The molecule has 0 fully saturated rings. The van der Waals surface area contributed by atoms with E-state index in [0.29, 0.717) is 6.42 Å². The smallest absolute Gasteiger partial charge is 0.287 e. The second kappa shape index (κ2) is 6.24. The predicted octanol–water partition coefficient (Wildman–Crippen LogP) is 3.07. The zero-order valence-corrected chi connectivity index (χ0v) is 12.7. The second-order valence-corrected chi connectivity index (χ2v) is 5.47. The van der Waals surface area contributed by atoms with E-state index in [2.05, 4.69) is 21.2 Å². The van der Waals surface area contributed by atoms with Gasteiger partial charge < -0.3 is 14.8 Å². The van der Waals surface area contributed by atoms with E-state index in [-0.39, 0.29) is 18.2 Å². The van der Waals surface area contributed by atoms with Crippen LogP contribution in [-0.4, -0.2) is 17.6 Å². The number of rotatable bonds is 5. The molecule has 20 heavy (non-hydrogen) atoms. The highest BCUT2D eigenvalue weighted by Crippen LogP contribution is 2.25. The van der Waals surface area contributed by atoms with Crippen LogP contribution in [0, 0.1) is 0 Å². The average Bonchev–Trinajstić information content (AvgIpc) is 2.99. The Balaban J connectivity index is 2.08. The summed E-state index contributed by atoms with van der Waals surface area (Å²) in [6, 6.07) is 10.6. The molecule has 1 aromatic carbocycles. The highest BCUT2D eigenvalue weighted by Gasteiger charge is 2.28. The number of carbonyl (C=O) groups excluding carboxylic acids is 1. The third-order valence-electron chi connectivity index (χ3n) is 3.25. The molecule has 0 aliphatic rings. The van der Waals surface area contributed by atoms with Gasteiger partial charge in [0, 0.05) is 4.47 Å². The zero-order chi connectivity index (χ0) is 14.6. The Morgan fingerprint density at radius 1 is 1.35 bits per heavy atom. The number of nitrogens with one attached hydrogen (secondary N) is 1. The molecule has 1 aromatic heterocycles. The van der Waals surface area contributed by atoms with Crippen molar-refractivity contribution in [1.29, 1.82) is 0 Å². The summed E-state index contributed by atoms with van der Waals surface area (Å²) in [4.78, 5) is 11.8. The monoisotopic (exact) mass is 337 g/mol. The minimum absolute atomic E-state index is 0.130. The van der Waals surface area contributed by atoms with Crippen molar-refractivity contribution in [2.45, 2.75) is 18.9 Å². The molecule has 0 aliphatic carbocycles. The SMILES string of the molecule is CC[C@@](O)(CNC(=O)c1ccco1)c1ccc(Br)cc1. The lowest BCUT2D eigenvalue weighted by molar-refractivity contribution is 0.0310. The summed E-state index contributed by atoms with van der Waals surface area (Å²) in [5.74, 6) is -0.0988. The lowest BCUT2D eigenvalue weighted by Crippen LogP contribution is -2.40. The molecule has 2 N–H and O–H groups in total. The topological polar surface area (TPSA) is 62.5 Å². The van der Waals surface area contributed by atoms with E-state index in [1.165, 1.54) is 6.26 Å². The number of carbonyl (C=O) groups is 1. The molecule has 2 rings (SSSR count). The van der Waals surface area contributed by atoms with Gasteiger partial charge in [-0.1, -0.05) is 35.0 Å². The third-order valence-corrected chi connectivity index (χ3v) is 3.78. The molecule has 5 heteroatoms. The first-order valence-electron chi connectivity index (χ1n) is 6.35. The van der Waals surface area contributed by atoms with Crippen LogP contribution in [0.2, 0.25) is 0 Å². The fourth-order valence-electron chi connectivity index (χ4n) is 1.91. The highest BCUT2D eigenvalue weighted by molar-refractivity contribution is 9.10. The fraction of sp³-hybridized carbons (Fsp3) is 0.267. The number of hydrogen-bond donors (Lipinski definition) is 2. The number of hydrogen-bond acceptors (Lipinski definition) is 3. The summed E-state index contributed by atoms with van der Waals surface area (Å²) in [6.45, 7) is 2.01. The van der Waals surface area contributed by atoms with Crippen LogP contribution in [0.1, 0.15) is 29.5 Å². The Hall–Kier alpha value is -1.59. The number of aliphatic hydroxyl groups is 1. The van der Waals surface area contributed by atoms with Crippen molar-refractivity contribution in [2.24, 2.45) is 0 Å². The van der Waals surface area contributed by atoms with Crippen LogP contribution in [0.3, 0.4) is 0 Å². The summed E-state index contributed by atoms with van der Waals surface area (Å²) < 4.78 is 5.96. The number of amides is 1. The molecule has 0 radical (unpaired) electrons. The average molecular weight is 338 g/mol. The maximum absolute atomic E-state index is 11.8. The van der Waals surface area contributed by atoms with Gasteiger partial charge in [-0.05, 0) is 36.2 Å². The molecule has 0 spiro atoms. The number of furan rings is 1. The van der Waals surface area contributed by atoms with Gasteiger partial charge in [0.15, 0.2) is 5.76 Å². The van der Waals surface area contributed by atoms with Crippen molar-refractivity contribution in [2.75, 3.05) is 6.54 Å². The summed E-state index contributed by atoms with van der Waals surface area (Å²) >= 11 is 3.36. The van der Waals surface area contributed by atoms with Crippen LogP contribution >= 0.6 is 15.9 Å². The molecule has 0 saturated heterocycles. The van der Waals surface area contributed by atoms with Gasteiger partial charge in [0.2, 0.25) is 0 Å². The van der Waals surface area contributed by atoms with E-state index in [4.69, 9.17) is 4.42 Å². The van der Waals surface area contributed by atoms with Crippen LogP contribution < -0.4 is 5.32 Å². The van der Waals surface area contributed by atoms with Crippen LogP contribution in [0.5, 0.6) is 0 Å². The molecule has 1 atom stereocenters. The molecule has 1 heterocycles. The highest BCUT2D eigenvalue weighted by atomic mass is 79.9. The standard InChI is InChI=1S/C15H16BrNO3/c1-2-15(19,11-5-7-12(16)8-6-11)10-17-14(18)13-4-3-9-20-13/h3-9,19H,2,10H2,1H3,(H,17,18)/t15-/m1/s1. The molecule has 0 aliphatic heterocycles. The summed E-state index contributed by atoms with van der Waals surface area (Å²) in [7, 11) is 0. The quantitative estimate of drug-likeness (QED) is 0.881. The molecule has 0 unspecified atom stereocenters. The van der Waals surface area contributed by atoms with Crippen LogP contribution in [0.4, 0.5) is 0 Å². The molecule has 1 amide bonds. The maximum atomic E-state index is 11.8. The van der Waals surface area contributed by atoms with Crippen molar-refractivity contribution in [3.8, 4) is 0 Å². The Morgan fingerprint density at radius 3 is 2.60 bits per heavy atom. The summed E-state index contributed by atoms with van der Waals surface area (Å²) in [6.07, 6.45) is 1.93. The zero-order valence-electron chi connectivity index (χ0n) is 11.1.